The number of aromatic nitrogens is 2. The average Bonchev–Trinajstić information content (AvgIpc) is 3.01. The van der Waals surface area contributed by atoms with Crippen LogP contribution in [0.25, 0.3) is 0 Å². The first kappa shape index (κ1) is 19.4. The van der Waals surface area contributed by atoms with E-state index in [-0.39, 0.29) is 22.4 Å². The predicted octanol–water partition coefficient (Wildman–Crippen LogP) is 4.12. The first-order valence-corrected chi connectivity index (χ1v) is 9.01. The van der Waals surface area contributed by atoms with Crippen LogP contribution in [0.3, 0.4) is 0 Å². The smallest absolute Gasteiger partial charge is 0.387 e. The van der Waals surface area contributed by atoms with Crippen LogP contribution in [0.5, 0.6) is 5.75 Å². The van der Waals surface area contributed by atoms with Gasteiger partial charge < -0.3 is 15.4 Å². The highest BCUT2D eigenvalue weighted by molar-refractivity contribution is 8.01. The van der Waals surface area contributed by atoms with Gasteiger partial charge in [0.05, 0.1) is 10.8 Å². The molecule has 0 atom stereocenters. The summed E-state index contributed by atoms with van der Waals surface area (Å²) in [4.78, 5) is 11.9. The third-order valence-corrected chi connectivity index (χ3v) is 4.87. The maximum absolute atomic E-state index is 12.2. The lowest BCUT2D eigenvalue weighted by molar-refractivity contribution is -0.113. The summed E-state index contributed by atoms with van der Waals surface area (Å²) in [7, 11) is 0. The lowest BCUT2D eigenvalue weighted by Crippen LogP contribution is -2.14. The standard InChI is InChI=1S/C14H13ClF2N4O2S2/c1-2-5-18-13-20-21-14(25-13)24-7-11(22)19-8-3-4-10(9(15)6-8)23-12(16)17/h2-4,6,12H,1,5,7H2,(H,18,20)(H,19,22). The number of hydrogen-bond donors (Lipinski definition) is 2. The zero-order chi connectivity index (χ0) is 18.2. The second-order valence-electron chi connectivity index (χ2n) is 4.40. The van der Waals surface area contributed by atoms with Crippen LogP contribution in [0.2, 0.25) is 5.02 Å². The van der Waals surface area contributed by atoms with Crippen LogP contribution in [-0.4, -0.2) is 35.0 Å². The topological polar surface area (TPSA) is 76.1 Å². The third-order valence-electron chi connectivity index (χ3n) is 2.56. The van der Waals surface area contributed by atoms with E-state index < -0.39 is 6.61 Å². The van der Waals surface area contributed by atoms with Crippen molar-refractivity contribution in [1.29, 1.82) is 0 Å². The van der Waals surface area contributed by atoms with Gasteiger partial charge in [0.1, 0.15) is 5.75 Å². The third kappa shape index (κ3) is 6.48. The number of nitrogens with zero attached hydrogens (tertiary/aromatic N) is 2. The molecule has 0 aliphatic heterocycles. The van der Waals surface area contributed by atoms with Gasteiger partial charge in [-0.3, -0.25) is 4.79 Å². The van der Waals surface area contributed by atoms with E-state index in [1.54, 1.807) is 6.08 Å². The number of halogens is 3. The Kier molecular flexibility index (Phi) is 7.41. The van der Waals surface area contributed by atoms with Gasteiger partial charge in [0.15, 0.2) is 4.34 Å². The second-order valence-corrected chi connectivity index (χ2v) is 7.01. The van der Waals surface area contributed by atoms with Crippen molar-refractivity contribution in [3.05, 3.63) is 35.9 Å². The van der Waals surface area contributed by atoms with Gasteiger partial charge in [-0.15, -0.1) is 16.8 Å². The monoisotopic (exact) mass is 406 g/mol. The minimum Gasteiger partial charge on any atom is -0.433 e. The molecule has 25 heavy (non-hydrogen) atoms. The molecule has 0 saturated heterocycles. The van der Waals surface area contributed by atoms with E-state index in [4.69, 9.17) is 11.6 Å². The van der Waals surface area contributed by atoms with Gasteiger partial charge >= 0.3 is 6.61 Å². The molecule has 0 bridgehead atoms. The molecular formula is C14H13ClF2N4O2S2. The second kappa shape index (κ2) is 9.54. The fourth-order valence-electron chi connectivity index (χ4n) is 1.59. The lowest BCUT2D eigenvalue weighted by Gasteiger charge is -2.09. The van der Waals surface area contributed by atoms with Gasteiger partial charge in [0.2, 0.25) is 11.0 Å². The largest absolute Gasteiger partial charge is 0.433 e. The van der Waals surface area contributed by atoms with Crippen LogP contribution in [0.4, 0.5) is 19.6 Å². The van der Waals surface area contributed by atoms with E-state index in [1.807, 2.05) is 0 Å². The van der Waals surface area contributed by atoms with Crippen LogP contribution >= 0.6 is 34.7 Å². The van der Waals surface area contributed by atoms with E-state index in [0.29, 0.717) is 21.7 Å². The van der Waals surface area contributed by atoms with Crippen LogP contribution < -0.4 is 15.4 Å². The van der Waals surface area contributed by atoms with Gasteiger partial charge in [-0.05, 0) is 18.2 Å². The zero-order valence-electron chi connectivity index (χ0n) is 12.7. The van der Waals surface area contributed by atoms with Gasteiger partial charge in [0, 0.05) is 12.2 Å². The number of carbonyl (C=O) groups is 1. The number of anilines is 2. The number of nitrogens with one attached hydrogen (secondary N) is 2. The summed E-state index contributed by atoms with van der Waals surface area (Å²) in [6, 6.07) is 4.03. The van der Waals surface area contributed by atoms with Crippen molar-refractivity contribution in [3.8, 4) is 5.75 Å². The molecule has 1 aromatic carbocycles. The van der Waals surface area contributed by atoms with Gasteiger partial charge in [-0.1, -0.05) is 40.8 Å². The SMILES string of the molecule is C=CCNc1nnc(SCC(=O)Nc2ccc(OC(F)F)c(Cl)c2)s1. The number of rotatable bonds is 9. The molecule has 0 saturated carbocycles. The summed E-state index contributed by atoms with van der Waals surface area (Å²) in [5, 5.41) is 14.1. The lowest BCUT2D eigenvalue weighted by atomic mass is 10.3. The van der Waals surface area contributed by atoms with E-state index >= 15 is 0 Å². The van der Waals surface area contributed by atoms with E-state index in [0.717, 1.165) is 0 Å². The zero-order valence-corrected chi connectivity index (χ0v) is 15.1. The van der Waals surface area contributed by atoms with Crippen LogP contribution in [-0.2, 0) is 4.79 Å². The van der Waals surface area contributed by atoms with Crippen molar-refractivity contribution < 1.29 is 18.3 Å². The highest BCUT2D eigenvalue weighted by Crippen LogP contribution is 2.29. The van der Waals surface area contributed by atoms with Crippen molar-refractivity contribution in [3.63, 3.8) is 0 Å². The van der Waals surface area contributed by atoms with Crippen LogP contribution in [0.15, 0.2) is 35.2 Å². The highest BCUT2D eigenvalue weighted by atomic mass is 35.5. The molecule has 0 aliphatic rings. The molecule has 0 unspecified atom stereocenters. The molecule has 1 aromatic heterocycles. The normalized spacial score (nSPS) is 10.6. The van der Waals surface area contributed by atoms with E-state index in [9.17, 15) is 13.6 Å². The molecule has 2 aromatic rings. The Morgan fingerprint density at radius 3 is 2.96 bits per heavy atom. The first-order chi connectivity index (χ1) is 12.0. The average molecular weight is 407 g/mol. The number of ether oxygens (including phenoxy) is 1. The van der Waals surface area contributed by atoms with Crippen molar-refractivity contribution in [1.82, 2.24) is 10.2 Å². The molecule has 2 rings (SSSR count). The molecule has 134 valence electrons. The number of carbonyl (C=O) groups excluding carboxylic acids is 1. The Balaban J connectivity index is 1.84. The molecule has 0 fully saturated rings. The number of benzene rings is 1. The van der Waals surface area contributed by atoms with E-state index in [2.05, 4.69) is 32.1 Å². The van der Waals surface area contributed by atoms with Crippen molar-refractivity contribution >= 4 is 51.4 Å². The van der Waals surface area contributed by atoms with Crippen molar-refractivity contribution in [2.75, 3.05) is 22.9 Å². The maximum atomic E-state index is 12.2. The molecular weight excluding hydrogens is 394 g/mol. The molecule has 1 amide bonds. The number of amides is 1. The van der Waals surface area contributed by atoms with Crippen molar-refractivity contribution in [2.45, 2.75) is 11.0 Å². The summed E-state index contributed by atoms with van der Waals surface area (Å²) in [6.45, 7) is 1.20. The predicted molar refractivity (Wildman–Crippen MR) is 96.0 cm³/mol. The summed E-state index contributed by atoms with van der Waals surface area (Å²) in [6.07, 6.45) is 1.70. The molecule has 0 aliphatic carbocycles. The number of thioether (sulfide) groups is 1. The summed E-state index contributed by atoms with van der Waals surface area (Å²) in [5.74, 6) is -0.333. The highest BCUT2D eigenvalue weighted by Gasteiger charge is 2.11. The Labute approximate surface area is 155 Å². The minimum atomic E-state index is -2.97. The van der Waals surface area contributed by atoms with Crippen LogP contribution in [0, 0.1) is 0 Å². The summed E-state index contributed by atoms with van der Waals surface area (Å²) >= 11 is 8.38. The Morgan fingerprint density at radius 2 is 2.28 bits per heavy atom. The molecule has 6 nitrogen and oxygen atoms in total. The van der Waals surface area contributed by atoms with Gasteiger partial charge in [-0.25, -0.2) is 0 Å². The Hall–Kier alpha value is -1.91. The Bertz CT molecular complexity index is 745. The van der Waals surface area contributed by atoms with Gasteiger partial charge in [0.25, 0.3) is 0 Å². The van der Waals surface area contributed by atoms with Crippen molar-refractivity contribution in [2.24, 2.45) is 0 Å². The molecule has 11 heteroatoms. The minimum absolute atomic E-state index is 0.0205. The van der Waals surface area contributed by atoms with Gasteiger partial charge in [-0.2, -0.15) is 8.78 Å². The molecule has 2 N–H and O–H groups in total. The van der Waals surface area contributed by atoms with E-state index in [1.165, 1.54) is 41.3 Å². The Morgan fingerprint density at radius 1 is 1.48 bits per heavy atom. The quantitative estimate of drug-likeness (QED) is 0.482. The maximum Gasteiger partial charge on any atom is 0.387 e. The number of alkyl halides is 2. The molecule has 0 spiro atoms. The molecule has 1 heterocycles. The summed E-state index contributed by atoms with van der Waals surface area (Å²) in [5.41, 5.74) is 0.378. The fraction of sp³-hybridized carbons (Fsp3) is 0.214. The number of hydrogen-bond acceptors (Lipinski definition) is 7. The fourth-order valence-corrected chi connectivity index (χ4v) is 3.38. The summed E-state index contributed by atoms with van der Waals surface area (Å²) < 4.78 is 29.2. The molecule has 0 radical (unpaired) electrons. The van der Waals surface area contributed by atoms with Crippen LogP contribution in [0.1, 0.15) is 0 Å². The first-order valence-electron chi connectivity index (χ1n) is 6.83.